The van der Waals surface area contributed by atoms with Crippen LogP contribution in [0.4, 0.5) is 4.39 Å². The van der Waals surface area contributed by atoms with Gasteiger partial charge < -0.3 is 9.80 Å². The maximum absolute atomic E-state index is 14.6. The van der Waals surface area contributed by atoms with Crippen LogP contribution in [-0.2, 0) is 11.2 Å². The third-order valence-corrected chi connectivity index (χ3v) is 6.66. The van der Waals surface area contributed by atoms with Crippen molar-refractivity contribution in [2.24, 2.45) is 5.92 Å². The van der Waals surface area contributed by atoms with Crippen LogP contribution in [0.1, 0.15) is 34.5 Å². The molecular weight excluding hydrogens is 441 g/mol. The fraction of sp³-hybridized carbons (Fsp3) is 0.276. The Kier molecular flexibility index (Phi) is 8.03. The molecule has 0 N–H and O–H groups in total. The highest BCUT2D eigenvalue weighted by atomic mass is 19.1. The third kappa shape index (κ3) is 6.21. The molecule has 1 atom stereocenters. The molecule has 0 spiro atoms. The molecule has 0 radical (unpaired) electrons. The number of aromatic nitrogens is 1. The molecule has 4 rings (SSSR count). The first kappa shape index (κ1) is 24.3. The molecule has 2 aromatic carbocycles. The molecule has 35 heavy (non-hydrogen) atoms. The number of benzene rings is 2. The summed E-state index contributed by atoms with van der Waals surface area (Å²) in [7, 11) is 1.82. The van der Waals surface area contributed by atoms with Gasteiger partial charge in [-0.3, -0.25) is 14.6 Å². The van der Waals surface area contributed by atoms with Crippen LogP contribution in [0, 0.1) is 5.92 Å². The summed E-state index contributed by atoms with van der Waals surface area (Å²) in [5, 5.41) is 0. The highest BCUT2D eigenvalue weighted by Gasteiger charge is 2.34. The number of likely N-dealkylation sites (N-methyl/N-ethyl adjacent to an activating group) is 1. The second-order valence-electron chi connectivity index (χ2n) is 8.92. The Hall–Kier alpha value is -3.80. The lowest BCUT2D eigenvalue weighted by Gasteiger charge is -2.40. The Balaban J connectivity index is 1.46. The van der Waals surface area contributed by atoms with Gasteiger partial charge >= 0.3 is 0 Å². The maximum Gasteiger partial charge on any atom is 0.282 e. The fourth-order valence-corrected chi connectivity index (χ4v) is 4.69. The lowest BCUT2D eigenvalue weighted by atomic mass is 9.84. The molecule has 1 aliphatic rings. The predicted molar refractivity (Wildman–Crippen MR) is 135 cm³/mol. The molecule has 1 unspecified atom stereocenters. The van der Waals surface area contributed by atoms with Crippen molar-refractivity contribution in [3.63, 3.8) is 0 Å². The number of hydrogen-bond acceptors (Lipinski definition) is 3. The average Bonchev–Trinajstić information content (AvgIpc) is 2.92. The first-order valence-electron chi connectivity index (χ1n) is 12.0. The van der Waals surface area contributed by atoms with E-state index in [1.54, 1.807) is 40.3 Å². The molecule has 2 amide bonds. The number of pyridine rings is 1. The van der Waals surface area contributed by atoms with Crippen molar-refractivity contribution in [3.05, 3.63) is 108 Å². The molecule has 0 bridgehead atoms. The minimum atomic E-state index is -0.752. The highest BCUT2D eigenvalue weighted by Crippen LogP contribution is 2.28. The number of likely N-dealkylation sites (tertiary alicyclic amines) is 1. The van der Waals surface area contributed by atoms with Crippen molar-refractivity contribution in [2.45, 2.75) is 25.3 Å². The molecular formula is C29H30FN3O2. The zero-order valence-corrected chi connectivity index (χ0v) is 19.9. The predicted octanol–water partition coefficient (Wildman–Crippen LogP) is 5.01. The van der Waals surface area contributed by atoms with Gasteiger partial charge in [-0.2, -0.15) is 0 Å². The second kappa shape index (κ2) is 11.6. The van der Waals surface area contributed by atoms with E-state index in [9.17, 15) is 14.0 Å². The van der Waals surface area contributed by atoms with Crippen molar-refractivity contribution in [3.8, 4) is 0 Å². The lowest BCUT2D eigenvalue weighted by molar-refractivity contribution is -0.130. The zero-order chi connectivity index (χ0) is 24.6. The minimum absolute atomic E-state index is 0.0612. The Morgan fingerprint density at radius 1 is 1.00 bits per heavy atom. The van der Waals surface area contributed by atoms with Crippen LogP contribution in [-0.4, -0.2) is 52.8 Å². The Morgan fingerprint density at radius 2 is 1.63 bits per heavy atom. The number of hydrogen-bond donors (Lipinski definition) is 0. The summed E-state index contributed by atoms with van der Waals surface area (Å²) < 4.78 is 14.6. The number of amides is 2. The Labute approximate surface area is 205 Å². The molecule has 2 heterocycles. The van der Waals surface area contributed by atoms with Gasteiger partial charge in [0.25, 0.3) is 11.8 Å². The van der Waals surface area contributed by atoms with E-state index in [1.807, 2.05) is 49.5 Å². The van der Waals surface area contributed by atoms with E-state index < -0.39 is 11.7 Å². The minimum Gasteiger partial charge on any atom is -0.337 e. The smallest absolute Gasteiger partial charge is 0.282 e. The van der Waals surface area contributed by atoms with Crippen LogP contribution in [0.2, 0.25) is 0 Å². The number of carbonyl (C=O) groups is 2. The van der Waals surface area contributed by atoms with Crippen molar-refractivity contribution in [1.82, 2.24) is 14.8 Å². The van der Waals surface area contributed by atoms with Gasteiger partial charge in [0, 0.05) is 32.4 Å². The van der Waals surface area contributed by atoms with Crippen molar-refractivity contribution in [2.75, 3.05) is 20.1 Å². The van der Waals surface area contributed by atoms with E-state index in [1.165, 1.54) is 6.08 Å². The van der Waals surface area contributed by atoms with E-state index in [2.05, 4.69) is 17.1 Å². The number of piperidine rings is 1. The van der Waals surface area contributed by atoms with Gasteiger partial charge in [0.05, 0.1) is 0 Å². The molecule has 1 saturated heterocycles. The van der Waals surface area contributed by atoms with E-state index in [0.717, 1.165) is 5.56 Å². The van der Waals surface area contributed by atoms with E-state index in [4.69, 9.17) is 0 Å². The van der Waals surface area contributed by atoms with Gasteiger partial charge in [0.2, 0.25) is 0 Å². The molecule has 3 aromatic rings. The van der Waals surface area contributed by atoms with Crippen molar-refractivity contribution in [1.29, 1.82) is 0 Å². The van der Waals surface area contributed by atoms with Crippen LogP contribution in [0.25, 0.3) is 6.08 Å². The molecule has 6 heteroatoms. The van der Waals surface area contributed by atoms with Gasteiger partial charge in [-0.1, -0.05) is 66.7 Å². The largest absolute Gasteiger partial charge is 0.337 e. The molecule has 5 nitrogen and oxygen atoms in total. The van der Waals surface area contributed by atoms with Crippen LogP contribution in [0.15, 0.2) is 90.9 Å². The van der Waals surface area contributed by atoms with Crippen LogP contribution in [0.5, 0.6) is 0 Å². The molecule has 0 aliphatic carbocycles. The number of rotatable bonds is 7. The SMILES string of the molecule is CN(C(=O)c1ccccn1)C(Cc1ccccc1)C1CCN(C(=O)/C(F)=C/c2ccccc2)CC1. The summed E-state index contributed by atoms with van der Waals surface area (Å²) in [5.74, 6) is -1.28. The summed E-state index contributed by atoms with van der Waals surface area (Å²) in [6, 6.07) is 24.4. The highest BCUT2D eigenvalue weighted by molar-refractivity contribution is 5.95. The standard InChI is InChI=1S/C29H30FN3O2/c1-32(29(35)26-14-8-9-17-31-26)27(21-23-12-6-3-7-13-23)24-15-18-33(19-16-24)28(34)25(30)20-22-10-4-2-5-11-22/h2-14,17,20,24,27H,15-16,18-19,21H2,1H3/b25-20-. The summed E-state index contributed by atoms with van der Waals surface area (Å²) >= 11 is 0. The molecule has 1 fully saturated rings. The Bertz CT molecular complexity index is 1140. The number of halogens is 1. The van der Waals surface area contributed by atoms with E-state index in [-0.39, 0.29) is 17.9 Å². The quantitative estimate of drug-likeness (QED) is 0.455. The van der Waals surface area contributed by atoms with E-state index >= 15 is 0 Å². The summed E-state index contributed by atoms with van der Waals surface area (Å²) in [5.41, 5.74) is 2.22. The number of nitrogens with zero attached hydrogens (tertiary/aromatic N) is 3. The molecule has 1 aliphatic heterocycles. The second-order valence-corrected chi connectivity index (χ2v) is 8.92. The average molecular weight is 472 g/mol. The summed E-state index contributed by atoms with van der Waals surface area (Å²) in [6.45, 7) is 0.910. The van der Waals surface area contributed by atoms with Crippen LogP contribution >= 0.6 is 0 Å². The van der Waals surface area contributed by atoms with Gasteiger partial charge in [0.1, 0.15) is 5.69 Å². The molecule has 0 saturated carbocycles. The monoisotopic (exact) mass is 471 g/mol. The van der Waals surface area contributed by atoms with Gasteiger partial charge in [-0.25, -0.2) is 4.39 Å². The van der Waals surface area contributed by atoms with E-state index in [0.29, 0.717) is 43.6 Å². The lowest BCUT2D eigenvalue weighted by Crippen LogP contribution is -2.48. The third-order valence-electron chi connectivity index (χ3n) is 6.66. The first-order chi connectivity index (χ1) is 17.0. The van der Waals surface area contributed by atoms with Crippen LogP contribution in [0.3, 0.4) is 0 Å². The van der Waals surface area contributed by atoms with Crippen LogP contribution < -0.4 is 0 Å². The topological polar surface area (TPSA) is 53.5 Å². The van der Waals surface area contributed by atoms with Gasteiger partial charge in [-0.05, 0) is 54.5 Å². The van der Waals surface area contributed by atoms with Gasteiger partial charge in [-0.15, -0.1) is 0 Å². The van der Waals surface area contributed by atoms with Crippen molar-refractivity contribution >= 4 is 17.9 Å². The number of carbonyl (C=O) groups excluding carboxylic acids is 2. The molecule has 180 valence electrons. The maximum atomic E-state index is 14.6. The first-order valence-corrected chi connectivity index (χ1v) is 12.0. The summed E-state index contributed by atoms with van der Waals surface area (Å²) in [6.07, 6.45) is 5.00. The zero-order valence-electron chi connectivity index (χ0n) is 19.9. The Morgan fingerprint density at radius 3 is 2.26 bits per heavy atom. The van der Waals surface area contributed by atoms with Gasteiger partial charge in [0.15, 0.2) is 5.83 Å². The summed E-state index contributed by atoms with van der Waals surface area (Å²) in [4.78, 5) is 33.5. The van der Waals surface area contributed by atoms with Crippen molar-refractivity contribution < 1.29 is 14.0 Å². The fourth-order valence-electron chi connectivity index (χ4n) is 4.69. The molecule has 1 aromatic heterocycles. The normalized spacial score (nSPS) is 15.5.